The van der Waals surface area contributed by atoms with E-state index in [2.05, 4.69) is 31.2 Å². The van der Waals surface area contributed by atoms with E-state index in [1.54, 1.807) is 0 Å². The predicted octanol–water partition coefficient (Wildman–Crippen LogP) is 4.49. The molecule has 0 heterocycles. The van der Waals surface area contributed by atoms with Crippen LogP contribution in [0.1, 0.15) is 55.6 Å². The number of carbonyl (C=O) groups excluding carboxylic acids is 1. The molecule has 106 valence electrons. The van der Waals surface area contributed by atoms with Crippen LogP contribution in [0.4, 0.5) is 0 Å². The molecule has 0 spiro atoms. The molecule has 3 atom stereocenters. The molecule has 1 aromatic rings. The first-order valence-corrected chi connectivity index (χ1v) is 8.20. The number of hydrogen-bond donors (Lipinski definition) is 0. The van der Waals surface area contributed by atoms with Crippen molar-refractivity contribution < 1.29 is 4.79 Å². The molecular formula is C19H24O. The lowest BCUT2D eigenvalue weighted by Gasteiger charge is -2.61. The van der Waals surface area contributed by atoms with E-state index < -0.39 is 0 Å². The molecule has 5 rings (SSSR count). The molecule has 1 aromatic carbocycles. The molecular weight excluding hydrogens is 244 g/mol. The van der Waals surface area contributed by atoms with E-state index in [-0.39, 0.29) is 0 Å². The number of hydrogen-bond acceptors (Lipinski definition) is 1. The molecule has 1 heteroatoms. The van der Waals surface area contributed by atoms with Crippen LogP contribution in [-0.2, 0) is 4.79 Å². The van der Waals surface area contributed by atoms with Gasteiger partial charge < -0.3 is 4.79 Å². The molecule has 4 bridgehead atoms. The maximum atomic E-state index is 11.3. The highest BCUT2D eigenvalue weighted by Crippen LogP contribution is 2.67. The normalized spacial score (nSPS) is 41.9. The first kappa shape index (κ1) is 12.6. The quantitative estimate of drug-likeness (QED) is 0.738. The van der Waals surface area contributed by atoms with Gasteiger partial charge in [0.1, 0.15) is 6.29 Å². The summed E-state index contributed by atoms with van der Waals surface area (Å²) in [5, 5.41) is 0. The van der Waals surface area contributed by atoms with E-state index in [4.69, 9.17) is 0 Å². The summed E-state index contributed by atoms with van der Waals surface area (Å²) in [5.41, 5.74) is 3.13. The van der Waals surface area contributed by atoms with Crippen LogP contribution in [0.5, 0.6) is 0 Å². The molecule has 1 nitrogen and oxygen atoms in total. The zero-order valence-electron chi connectivity index (χ0n) is 12.3. The third kappa shape index (κ3) is 1.78. The van der Waals surface area contributed by atoms with Crippen molar-refractivity contribution in [2.75, 3.05) is 0 Å². The standard InChI is InChI=1S/C19H24O/c1-13-2-4-16(5-3-13)18-17-9-14-8-15(10-17)12-19(18,11-14)6-7-20/h2-5,7,14-15,17-18H,6,8-12H2,1H3. The zero-order valence-corrected chi connectivity index (χ0v) is 12.3. The van der Waals surface area contributed by atoms with Gasteiger partial charge in [-0.05, 0) is 73.7 Å². The molecule has 0 amide bonds. The third-order valence-corrected chi connectivity index (χ3v) is 6.39. The van der Waals surface area contributed by atoms with Gasteiger partial charge in [-0.15, -0.1) is 0 Å². The van der Waals surface area contributed by atoms with Gasteiger partial charge in [-0.2, -0.15) is 0 Å². The van der Waals surface area contributed by atoms with Gasteiger partial charge in [-0.3, -0.25) is 0 Å². The fourth-order valence-electron chi connectivity index (χ4n) is 6.07. The van der Waals surface area contributed by atoms with Crippen molar-refractivity contribution in [2.45, 2.75) is 51.4 Å². The van der Waals surface area contributed by atoms with Crippen molar-refractivity contribution in [1.82, 2.24) is 0 Å². The lowest BCUT2D eigenvalue weighted by molar-refractivity contribution is -0.119. The summed E-state index contributed by atoms with van der Waals surface area (Å²) in [4.78, 5) is 11.3. The maximum absolute atomic E-state index is 11.3. The monoisotopic (exact) mass is 268 g/mol. The Bertz CT molecular complexity index is 501. The number of aldehydes is 1. The minimum absolute atomic E-state index is 0.297. The smallest absolute Gasteiger partial charge is 0.120 e. The molecule has 0 aliphatic heterocycles. The molecule has 4 saturated carbocycles. The Labute approximate surface area is 121 Å². The number of rotatable bonds is 3. The Kier molecular flexibility index (Phi) is 2.80. The zero-order chi connectivity index (χ0) is 13.7. The second-order valence-corrected chi connectivity index (χ2v) is 7.73. The van der Waals surface area contributed by atoms with Crippen molar-refractivity contribution >= 4 is 6.29 Å². The third-order valence-electron chi connectivity index (χ3n) is 6.39. The van der Waals surface area contributed by atoms with Crippen molar-refractivity contribution in [3.63, 3.8) is 0 Å². The second-order valence-electron chi connectivity index (χ2n) is 7.73. The molecule has 3 unspecified atom stereocenters. The highest BCUT2D eigenvalue weighted by Gasteiger charge is 2.56. The summed E-state index contributed by atoms with van der Waals surface area (Å²) in [6, 6.07) is 9.15. The molecule has 0 aromatic heterocycles. The first-order chi connectivity index (χ1) is 9.70. The highest BCUT2D eigenvalue weighted by atomic mass is 16.1. The average molecular weight is 268 g/mol. The summed E-state index contributed by atoms with van der Waals surface area (Å²) in [5.74, 6) is 3.30. The largest absolute Gasteiger partial charge is 0.303 e. The summed E-state index contributed by atoms with van der Waals surface area (Å²) < 4.78 is 0. The van der Waals surface area contributed by atoms with Crippen LogP contribution in [0.3, 0.4) is 0 Å². The van der Waals surface area contributed by atoms with Gasteiger partial charge in [0.05, 0.1) is 0 Å². The Balaban J connectivity index is 1.76. The van der Waals surface area contributed by atoms with Crippen LogP contribution in [0.15, 0.2) is 24.3 Å². The Morgan fingerprint density at radius 2 is 1.75 bits per heavy atom. The minimum Gasteiger partial charge on any atom is -0.303 e. The van der Waals surface area contributed by atoms with Gasteiger partial charge in [-0.25, -0.2) is 0 Å². The molecule has 4 fully saturated rings. The Morgan fingerprint density at radius 3 is 2.35 bits per heavy atom. The molecule has 0 N–H and O–H groups in total. The van der Waals surface area contributed by atoms with Gasteiger partial charge >= 0.3 is 0 Å². The Hall–Kier alpha value is -1.11. The van der Waals surface area contributed by atoms with Crippen LogP contribution >= 0.6 is 0 Å². The van der Waals surface area contributed by atoms with E-state index in [1.807, 2.05) is 0 Å². The second kappa shape index (κ2) is 4.44. The van der Waals surface area contributed by atoms with Gasteiger partial charge in [0, 0.05) is 6.42 Å². The van der Waals surface area contributed by atoms with Crippen LogP contribution in [-0.4, -0.2) is 6.29 Å². The summed E-state index contributed by atoms with van der Waals surface area (Å²) >= 11 is 0. The molecule has 4 aliphatic carbocycles. The lowest BCUT2D eigenvalue weighted by atomic mass is 9.43. The number of benzene rings is 1. The highest BCUT2D eigenvalue weighted by molar-refractivity contribution is 5.52. The van der Waals surface area contributed by atoms with E-state index in [0.29, 0.717) is 11.3 Å². The van der Waals surface area contributed by atoms with Gasteiger partial charge in [-0.1, -0.05) is 29.8 Å². The van der Waals surface area contributed by atoms with Gasteiger partial charge in [0.15, 0.2) is 0 Å². The van der Waals surface area contributed by atoms with Crippen LogP contribution in [0.25, 0.3) is 0 Å². The van der Waals surface area contributed by atoms with Crippen molar-refractivity contribution in [2.24, 2.45) is 23.2 Å². The van der Waals surface area contributed by atoms with E-state index in [1.165, 1.54) is 49.5 Å². The fourth-order valence-corrected chi connectivity index (χ4v) is 6.07. The number of carbonyl (C=O) groups is 1. The van der Waals surface area contributed by atoms with E-state index >= 15 is 0 Å². The first-order valence-electron chi connectivity index (χ1n) is 8.20. The SMILES string of the molecule is Cc1ccc(C2C3CC4CC(C3)CC2(CC=O)C4)cc1. The van der Waals surface area contributed by atoms with Crippen molar-refractivity contribution in [1.29, 1.82) is 0 Å². The molecule has 0 saturated heterocycles. The number of aryl methyl sites for hydroxylation is 1. The summed E-state index contributed by atoms with van der Waals surface area (Å²) in [6.45, 7) is 2.15. The Morgan fingerprint density at radius 1 is 1.10 bits per heavy atom. The van der Waals surface area contributed by atoms with Gasteiger partial charge in [0.2, 0.25) is 0 Å². The van der Waals surface area contributed by atoms with Crippen molar-refractivity contribution in [3.8, 4) is 0 Å². The topological polar surface area (TPSA) is 17.1 Å². The average Bonchev–Trinajstić information content (AvgIpc) is 2.39. The van der Waals surface area contributed by atoms with Crippen LogP contribution in [0, 0.1) is 30.1 Å². The molecule has 4 aliphatic rings. The molecule has 20 heavy (non-hydrogen) atoms. The fraction of sp³-hybridized carbons (Fsp3) is 0.632. The summed E-state index contributed by atoms with van der Waals surface area (Å²) in [7, 11) is 0. The summed E-state index contributed by atoms with van der Waals surface area (Å²) in [6.07, 6.45) is 8.86. The minimum atomic E-state index is 0.297. The van der Waals surface area contributed by atoms with Crippen LogP contribution < -0.4 is 0 Å². The maximum Gasteiger partial charge on any atom is 0.120 e. The van der Waals surface area contributed by atoms with Crippen LogP contribution in [0.2, 0.25) is 0 Å². The van der Waals surface area contributed by atoms with Crippen molar-refractivity contribution in [3.05, 3.63) is 35.4 Å². The van der Waals surface area contributed by atoms with E-state index in [9.17, 15) is 4.79 Å². The van der Waals surface area contributed by atoms with Gasteiger partial charge in [0.25, 0.3) is 0 Å². The van der Waals surface area contributed by atoms with E-state index in [0.717, 1.165) is 24.2 Å². The lowest BCUT2D eigenvalue weighted by Crippen LogP contribution is -2.51. The predicted molar refractivity (Wildman–Crippen MR) is 80.6 cm³/mol. The molecule has 0 radical (unpaired) electrons.